The summed E-state index contributed by atoms with van der Waals surface area (Å²) in [6, 6.07) is 6.15. The van der Waals surface area contributed by atoms with Crippen LogP contribution in [0.3, 0.4) is 0 Å². The van der Waals surface area contributed by atoms with E-state index in [0.717, 1.165) is 24.5 Å². The van der Waals surface area contributed by atoms with E-state index in [2.05, 4.69) is 42.0 Å². The lowest BCUT2D eigenvalue weighted by Gasteiger charge is -2.22. The van der Waals surface area contributed by atoms with E-state index in [4.69, 9.17) is 4.42 Å². The molecule has 2 heterocycles. The van der Waals surface area contributed by atoms with Crippen LogP contribution in [-0.4, -0.2) is 17.6 Å². The smallest absolute Gasteiger partial charge is 0.128 e. The first kappa shape index (κ1) is 14.6. The van der Waals surface area contributed by atoms with E-state index in [1.807, 2.05) is 25.4 Å². The van der Waals surface area contributed by atoms with Crippen molar-refractivity contribution in [3.63, 3.8) is 0 Å². The second-order valence-corrected chi connectivity index (χ2v) is 6.11. The van der Waals surface area contributed by atoms with Crippen LogP contribution in [0.1, 0.15) is 31.9 Å². The summed E-state index contributed by atoms with van der Waals surface area (Å²) in [4.78, 5) is 6.55. The minimum Gasteiger partial charge on any atom is -0.472 e. The Morgan fingerprint density at radius 1 is 1.25 bits per heavy atom. The number of nitrogens with zero attached hydrogens (tertiary/aromatic N) is 2. The molecular formula is C16H23N3O. The monoisotopic (exact) mass is 273 g/mol. The highest BCUT2D eigenvalue weighted by molar-refractivity contribution is 5.40. The predicted octanol–water partition coefficient (Wildman–Crippen LogP) is 3.20. The zero-order chi connectivity index (χ0) is 14.6. The molecule has 2 aromatic heterocycles. The van der Waals surface area contributed by atoms with Gasteiger partial charge in [0.25, 0.3) is 0 Å². The summed E-state index contributed by atoms with van der Waals surface area (Å²) in [7, 11) is 2.04. The predicted molar refractivity (Wildman–Crippen MR) is 81.6 cm³/mol. The lowest BCUT2D eigenvalue weighted by atomic mass is 10.1. The van der Waals surface area contributed by atoms with Crippen LogP contribution in [0.4, 0.5) is 5.82 Å². The molecule has 0 spiro atoms. The number of rotatable bonds is 5. The van der Waals surface area contributed by atoms with Crippen molar-refractivity contribution in [1.82, 2.24) is 10.3 Å². The van der Waals surface area contributed by atoms with Crippen molar-refractivity contribution in [2.45, 2.75) is 39.4 Å². The molecule has 0 aliphatic rings. The maximum atomic E-state index is 5.09. The minimum absolute atomic E-state index is 0.117. The van der Waals surface area contributed by atoms with Crippen LogP contribution in [0.25, 0.3) is 0 Å². The van der Waals surface area contributed by atoms with Gasteiger partial charge >= 0.3 is 0 Å². The molecule has 0 radical (unpaired) electrons. The van der Waals surface area contributed by atoms with Crippen LogP contribution >= 0.6 is 0 Å². The summed E-state index contributed by atoms with van der Waals surface area (Å²) < 4.78 is 5.09. The van der Waals surface area contributed by atoms with E-state index in [1.165, 1.54) is 5.56 Å². The van der Waals surface area contributed by atoms with Crippen LogP contribution < -0.4 is 10.2 Å². The molecule has 20 heavy (non-hydrogen) atoms. The van der Waals surface area contributed by atoms with Gasteiger partial charge in [0, 0.05) is 37.4 Å². The fourth-order valence-electron chi connectivity index (χ4n) is 1.88. The Labute approximate surface area is 120 Å². The summed E-state index contributed by atoms with van der Waals surface area (Å²) >= 11 is 0. The molecule has 0 amide bonds. The third-order valence-electron chi connectivity index (χ3n) is 3.02. The van der Waals surface area contributed by atoms with Gasteiger partial charge in [0.15, 0.2) is 0 Å². The van der Waals surface area contributed by atoms with E-state index in [9.17, 15) is 0 Å². The van der Waals surface area contributed by atoms with E-state index in [0.29, 0.717) is 0 Å². The average molecular weight is 273 g/mol. The maximum Gasteiger partial charge on any atom is 0.128 e. The van der Waals surface area contributed by atoms with Gasteiger partial charge in [0.1, 0.15) is 5.82 Å². The van der Waals surface area contributed by atoms with Crippen molar-refractivity contribution in [1.29, 1.82) is 0 Å². The molecule has 0 saturated carbocycles. The molecule has 0 aromatic carbocycles. The number of anilines is 1. The quantitative estimate of drug-likeness (QED) is 0.908. The SMILES string of the molecule is CN(Cc1ccoc1)c1cc(CNC(C)(C)C)ccn1. The third-order valence-corrected chi connectivity index (χ3v) is 3.02. The lowest BCUT2D eigenvalue weighted by Crippen LogP contribution is -2.35. The third kappa shape index (κ3) is 4.38. The van der Waals surface area contributed by atoms with Gasteiger partial charge in [-0.05, 0) is 44.5 Å². The highest BCUT2D eigenvalue weighted by Gasteiger charge is 2.10. The fraction of sp³-hybridized carbons (Fsp3) is 0.438. The second kappa shape index (κ2) is 6.09. The zero-order valence-corrected chi connectivity index (χ0v) is 12.7. The van der Waals surface area contributed by atoms with Crippen LogP contribution in [0.15, 0.2) is 41.3 Å². The van der Waals surface area contributed by atoms with Gasteiger partial charge in [0.2, 0.25) is 0 Å². The highest BCUT2D eigenvalue weighted by Crippen LogP contribution is 2.15. The molecule has 108 valence electrons. The van der Waals surface area contributed by atoms with Gasteiger partial charge in [-0.15, -0.1) is 0 Å². The van der Waals surface area contributed by atoms with E-state index >= 15 is 0 Å². The number of pyridine rings is 1. The standard InChI is InChI=1S/C16H23N3O/c1-16(2,3)18-10-13-5-7-17-15(9-13)19(4)11-14-6-8-20-12-14/h5-9,12,18H,10-11H2,1-4H3. The van der Waals surface area contributed by atoms with Crippen LogP contribution in [0.5, 0.6) is 0 Å². The molecule has 0 aliphatic carbocycles. The first-order valence-electron chi connectivity index (χ1n) is 6.86. The molecule has 0 aliphatic heterocycles. The molecule has 4 heteroatoms. The van der Waals surface area contributed by atoms with Crippen molar-refractivity contribution >= 4 is 5.82 Å². The van der Waals surface area contributed by atoms with E-state index < -0.39 is 0 Å². The van der Waals surface area contributed by atoms with Gasteiger partial charge in [-0.2, -0.15) is 0 Å². The van der Waals surface area contributed by atoms with Crippen LogP contribution in [0, 0.1) is 0 Å². The van der Waals surface area contributed by atoms with Gasteiger partial charge < -0.3 is 14.6 Å². The topological polar surface area (TPSA) is 41.3 Å². The summed E-state index contributed by atoms with van der Waals surface area (Å²) in [5, 5.41) is 3.49. The summed E-state index contributed by atoms with van der Waals surface area (Å²) in [6.07, 6.45) is 5.32. The molecule has 0 fully saturated rings. The molecule has 0 saturated heterocycles. The van der Waals surface area contributed by atoms with Gasteiger partial charge in [0.05, 0.1) is 12.5 Å². The Balaban J connectivity index is 2.01. The maximum absolute atomic E-state index is 5.09. The first-order chi connectivity index (χ1) is 9.44. The molecule has 0 bridgehead atoms. The van der Waals surface area contributed by atoms with Crippen molar-refractivity contribution in [3.8, 4) is 0 Å². The van der Waals surface area contributed by atoms with Crippen molar-refractivity contribution < 1.29 is 4.42 Å². The average Bonchev–Trinajstić information content (AvgIpc) is 2.89. The summed E-state index contributed by atoms with van der Waals surface area (Å²) in [6.45, 7) is 8.14. The van der Waals surface area contributed by atoms with Gasteiger partial charge in [-0.25, -0.2) is 4.98 Å². The molecule has 4 nitrogen and oxygen atoms in total. The van der Waals surface area contributed by atoms with Gasteiger partial charge in [-0.1, -0.05) is 0 Å². The number of furan rings is 1. The van der Waals surface area contributed by atoms with Crippen LogP contribution in [-0.2, 0) is 13.1 Å². The van der Waals surface area contributed by atoms with Crippen molar-refractivity contribution in [2.75, 3.05) is 11.9 Å². The van der Waals surface area contributed by atoms with Crippen molar-refractivity contribution in [2.24, 2.45) is 0 Å². The molecular weight excluding hydrogens is 250 g/mol. The first-order valence-corrected chi connectivity index (χ1v) is 6.86. The number of hydrogen-bond acceptors (Lipinski definition) is 4. The minimum atomic E-state index is 0.117. The highest BCUT2D eigenvalue weighted by atomic mass is 16.3. The molecule has 2 rings (SSSR count). The fourth-order valence-corrected chi connectivity index (χ4v) is 1.88. The number of aromatic nitrogens is 1. The largest absolute Gasteiger partial charge is 0.472 e. The Morgan fingerprint density at radius 2 is 2.05 bits per heavy atom. The molecule has 1 N–H and O–H groups in total. The Bertz CT molecular complexity index is 529. The Hall–Kier alpha value is -1.81. The summed E-state index contributed by atoms with van der Waals surface area (Å²) in [5.74, 6) is 0.972. The Morgan fingerprint density at radius 3 is 2.70 bits per heavy atom. The Kier molecular flexibility index (Phi) is 4.45. The second-order valence-electron chi connectivity index (χ2n) is 6.11. The summed E-state index contributed by atoms with van der Waals surface area (Å²) in [5.41, 5.74) is 2.50. The number of nitrogens with one attached hydrogen (secondary N) is 1. The lowest BCUT2D eigenvalue weighted by molar-refractivity contribution is 0.424. The van der Waals surface area contributed by atoms with Crippen molar-refractivity contribution in [3.05, 3.63) is 48.0 Å². The van der Waals surface area contributed by atoms with E-state index in [1.54, 1.807) is 12.5 Å². The van der Waals surface area contributed by atoms with Crippen LogP contribution in [0.2, 0.25) is 0 Å². The van der Waals surface area contributed by atoms with E-state index in [-0.39, 0.29) is 5.54 Å². The molecule has 0 atom stereocenters. The molecule has 0 unspecified atom stereocenters. The zero-order valence-electron chi connectivity index (χ0n) is 12.7. The molecule has 2 aromatic rings. The van der Waals surface area contributed by atoms with Gasteiger partial charge in [-0.3, -0.25) is 0 Å². The normalized spacial score (nSPS) is 11.6. The number of hydrogen-bond donors (Lipinski definition) is 1.